The van der Waals surface area contributed by atoms with Crippen LogP contribution in [0.1, 0.15) is 5.56 Å². The molecule has 76 valence electrons. The topological polar surface area (TPSA) is 22.1 Å². The molecule has 0 saturated carbocycles. The van der Waals surface area contributed by atoms with Gasteiger partial charge in [-0.1, -0.05) is 6.07 Å². The van der Waals surface area contributed by atoms with E-state index < -0.39 is 0 Å². The maximum atomic E-state index is 5.57. The first-order valence-electron chi connectivity index (χ1n) is 4.60. The number of aromatic nitrogens is 1. The summed E-state index contributed by atoms with van der Waals surface area (Å²) in [5, 5.41) is 0. The lowest BCUT2D eigenvalue weighted by Gasteiger charge is -2.04. The van der Waals surface area contributed by atoms with Crippen molar-refractivity contribution in [3.8, 4) is 11.6 Å². The van der Waals surface area contributed by atoms with Crippen molar-refractivity contribution >= 4 is 22.6 Å². The van der Waals surface area contributed by atoms with Crippen LogP contribution in [0.2, 0.25) is 0 Å². The van der Waals surface area contributed by atoms with Crippen molar-refractivity contribution in [1.82, 2.24) is 4.98 Å². The Hall–Kier alpha value is -1.10. The molecule has 0 aliphatic rings. The van der Waals surface area contributed by atoms with Crippen molar-refractivity contribution in [3.05, 3.63) is 51.7 Å². The smallest absolute Gasteiger partial charge is 0.219 e. The van der Waals surface area contributed by atoms with Gasteiger partial charge < -0.3 is 4.74 Å². The maximum Gasteiger partial charge on any atom is 0.219 e. The van der Waals surface area contributed by atoms with E-state index in [4.69, 9.17) is 4.74 Å². The van der Waals surface area contributed by atoms with Crippen LogP contribution in [0.5, 0.6) is 11.6 Å². The minimum atomic E-state index is 0.627. The number of hydrogen-bond donors (Lipinski definition) is 0. The molecule has 0 N–H and O–H groups in total. The Kier molecular flexibility index (Phi) is 3.20. The zero-order valence-electron chi connectivity index (χ0n) is 8.27. The van der Waals surface area contributed by atoms with Crippen LogP contribution in [-0.2, 0) is 0 Å². The molecule has 15 heavy (non-hydrogen) atoms. The number of ether oxygens (including phenoxy) is 1. The lowest BCUT2D eigenvalue weighted by molar-refractivity contribution is 0.462. The summed E-state index contributed by atoms with van der Waals surface area (Å²) < 4.78 is 6.77. The van der Waals surface area contributed by atoms with E-state index in [1.807, 2.05) is 43.3 Å². The molecule has 2 rings (SSSR count). The first kappa shape index (κ1) is 10.4. The lowest BCUT2D eigenvalue weighted by atomic mass is 10.3. The second-order valence-electron chi connectivity index (χ2n) is 3.23. The van der Waals surface area contributed by atoms with E-state index in [1.165, 1.54) is 3.57 Å². The molecule has 0 aliphatic carbocycles. The highest BCUT2D eigenvalue weighted by Crippen LogP contribution is 2.20. The zero-order chi connectivity index (χ0) is 10.7. The third kappa shape index (κ3) is 2.92. The van der Waals surface area contributed by atoms with Crippen molar-refractivity contribution < 1.29 is 4.74 Å². The quantitative estimate of drug-likeness (QED) is 0.787. The first-order chi connectivity index (χ1) is 7.24. The average molecular weight is 311 g/mol. The summed E-state index contributed by atoms with van der Waals surface area (Å²) >= 11 is 2.26. The van der Waals surface area contributed by atoms with Gasteiger partial charge >= 0.3 is 0 Å². The van der Waals surface area contributed by atoms with E-state index >= 15 is 0 Å². The number of rotatable bonds is 2. The summed E-state index contributed by atoms with van der Waals surface area (Å²) in [6.07, 6.45) is 1.79. The highest BCUT2D eigenvalue weighted by atomic mass is 127. The summed E-state index contributed by atoms with van der Waals surface area (Å²) in [5.41, 5.74) is 1.13. The molecule has 2 aromatic rings. The van der Waals surface area contributed by atoms with Gasteiger partial charge in [0.1, 0.15) is 5.75 Å². The Balaban J connectivity index is 2.15. The Bertz CT molecular complexity index is 393. The Morgan fingerprint density at radius 1 is 1.07 bits per heavy atom. The standard InChI is InChI=1S/C12H10INO/c1-9-2-7-12(14-8-9)15-11-5-3-10(13)4-6-11/h2-8H,1H3. The Morgan fingerprint density at radius 3 is 2.40 bits per heavy atom. The van der Waals surface area contributed by atoms with E-state index in [0.29, 0.717) is 5.88 Å². The van der Waals surface area contributed by atoms with Gasteiger partial charge in [-0.15, -0.1) is 0 Å². The largest absolute Gasteiger partial charge is 0.439 e. The van der Waals surface area contributed by atoms with Crippen molar-refractivity contribution in [1.29, 1.82) is 0 Å². The van der Waals surface area contributed by atoms with Crippen molar-refractivity contribution in [3.63, 3.8) is 0 Å². The van der Waals surface area contributed by atoms with Gasteiger partial charge in [0.2, 0.25) is 5.88 Å². The van der Waals surface area contributed by atoms with Gasteiger partial charge in [0, 0.05) is 15.8 Å². The summed E-state index contributed by atoms with van der Waals surface area (Å²) in [4.78, 5) is 4.17. The molecule has 0 saturated heterocycles. The molecule has 0 unspecified atom stereocenters. The van der Waals surface area contributed by atoms with Crippen LogP contribution in [0.3, 0.4) is 0 Å². The number of pyridine rings is 1. The molecule has 2 nitrogen and oxygen atoms in total. The van der Waals surface area contributed by atoms with E-state index in [-0.39, 0.29) is 0 Å². The van der Waals surface area contributed by atoms with E-state index in [1.54, 1.807) is 6.20 Å². The maximum absolute atomic E-state index is 5.57. The molecular weight excluding hydrogens is 301 g/mol. The third-order valence-electron chi connectivity index (χ3n) is 1.92. The van der Waals surface area contributed by atoms with Crippen LogP contribution < -0.4 is 4.74 Å². The molecule has 0 spiro atoms. The Morgan fingerprint density at radius 2 is 1.80 bits per heavy atom. The molecular formula is C12H10INO. The molecule has 0 atom stereocenters. The number of hydrogen-bond acceptors (Lipinski definition) is 2. The minimum Gasteiger partial charge on any atom is -0.439 e. The molecule has 3 heteroatoms. The second-order valence-corrected chi connectivity index (χ2v) is 4.48. The number of aryl methyl sites for hydroxylation is 1. The van der Waals surface area contributed by atoms with Gasteiger partial charge in [-0.25, -0.2) is 4.98 Å². The zero-order valence-corrected chi connectivity index (χ0v) is 10.4. The SMILES string of the molecule is Cc1ccc(Oc2ccc(I)cc2)nc1. The highest BCUT2D eigenvalue weighted by Gasteiger charge is 1.97. The Labute approximate surface area is 102 Å². The van der Waals surface area contributed by atoms with Crippen LogP contribution in [0.25, 0.3) is 0 Å². The van der Waals surface area contributed by atoms with Gasteiger partial charge in [0.05, 0.1) is 0 Å². The monoisotopic (exact) mass is 311 g/mol. The van der Waals surface area contributed by atoms with Gasteiger partial charge in [-0.2, -0.15) is 0 Å². The normalized spacial score (nSPS) is 10.0. The van der Waals surface area contributed by atoms with Crippen LogP contribution >= 0.6 is 22.6 Å². The van der Waals surface area contributed by atoms with Crippen molar-refractivity contribution in [2.45, 2.75) is 6.92 Å². The van der Waals surface area contributed by atoms with Gasteiger partial charge in [0.25, 0.3) is 0 Å². The molecule has 1 heterocycles. The predicted octanol–water partition coefficient (Wildman–Crippen LogP) is 3.79. The predicted molar refractivity (Wildman–Crippen MR) is 68.2 cm³/mol. The summed E-state index contributed by atoms with van der Waals surface area (Å²) in [7, 11) is 0. The highest BCUT2D eigenvalue weighted by molar-refractivity contribution is 14.1. The van der Waals surface area contributed by atoms with E-state index in [2.05, 4.69) is 27.6 Å². The van der Waals surface area contributed by atoms with Crippen LogP contribution in [0.4, 0.5) is 0 Å². The van der Waals surface area contributed by atoms with Crippen molar-refractivity contribution in [2.75, 3.05) is 0 Å². The molecule has 1 aromatic carbocycles. The number of benzene rings is 1. The molecule has 1 aromatic heterocycles. The number of halogens is 1. The fourth-order valence-corrected chi connectivity index (χ4v) is 1.50. The van der Waals surface area contributed by atoms with Gasteiger partial charge in [-0.3, -0.25) is 0 Å². The lowest BCUT2D eigenvalue weighted by Crippen LogP contribution is -1.87. The average Bonchev–Trinajstić information content (AvgIpc) is 2.25. The molecule has 0 radical (unpaired) electrons. The van der Waals surface area contributed by atoms with Crippen LogP contribution in [0.15, 0.2) is 42.6 Å². The summed E-state index contributed by atoms with van der Waals surface area (Å²) in [6, 6.07) is 11.7. The van der Waals surface area contributed by atoms with Crippen LogP contribution in [0, 0.1) is 10.5 Å². The van der Waals surface area contributed by atoms with E-state index in [9.17, 15) is 0 Å². The summed E-state index contributed by atoms with van der Waals surface area (Å²) in [6.45, 7) is 2.00. The molecule has 0 fully saturated rings. The second kappa shape index (κ2) is 4.61. The fourth-order valence-electron chi connectivity index (χ4n) is 1.14. The fraction of sp³-hybridized carbons (Fsp3) is 0.0833. The first-order valence-corrected chi connectivity index (χ1v) is 5.68. The molecule has 0 aliphatic heterocycles. The van der Waals surface area contributed by atoms with Gasteiger partial charge in [-0.05, 0) is 59.3 Å². The van der Waals surface area contributed by atoms with Gasteiger partial charge in [0.15, 0.2) is 0 Å². The number of nitrogens with zero attached hydrogens (tertiary/aromatic N) is 1. The molecule has 0 bridgehead atoms. The van der Waals surface area contributed by atoms with E-state index in [0.717, 1.165) is 11.3 Å². The van der Waals surface area contributed by atoms with Crippen molar-refractivity contribution in [2.24, 2.45) is 0 Å². The molecule has 0 amide bonds. The minimum absolute atomic E-state index is 0.627. The van der Waals surface area contributed by atoms with Crippen LogP contribution in [-0.4, -0.2) is 4.98 Å². The third-order valence-corrected chi connectivity index (χ3v) is 2.64. The summed E-state index contributed by atoms with van der Waals surface area (Å²) in [5.74, 6) is 1.44.